The van der Waals surface area contributed by atoms with E-state index in [0.717, 1.165) is 24.3 Å². The zero-order chi connectivity index (χ0) is 23.9. The van der Waals surface area contributed by atoms with Crippen LogP contribution in [0.2, 0.25) is 0 Å². The monoisotopic (exact) mass is 484 g/mol. The van der Waals surface area contributed by atoms with Crippen molar-refractivity contribution in [2.45, 2.75) is 29.9 Å². The number of rotatable bonds is 5. The first-order valence-corrected chi connectivity index (χ1v) is 11.9. The van der Waals surface area contributed by atoms with Gasteiger partial charge in [-0.05, 0) is 54.8 Å². The second-order valence-electron chi connectivity index (χ2n) is 8.32. The van der Waals surface area contributed by atoms with Gasteiger partial charge in [0.1, 0.15) is 5.60 Å². The molecule has 4 rings (SSSR count). The summed E-state index contributed by atoms with van der Waals surface area (Å²) in [7, 11) is -3.71. The highest BCUT2D eigenvalue weighted by atomic mass is 32.2. The minimum absolute atomic E-state index is 0.126. The lowest BCUT2D eigenvalue weighted by molar-refractivity contribution is -0.184. The van der Waals surface area contributed by atoms with Gasteiger partial charge >= 0.3 is 6.18 Å². The molecule has 33 heavy (non-hydrogen) atoms. The summed E-state index contributed by atoms with van der Waals surface area (Å²) in [5.41, 5.74) is -0.735. The van der Waals surface area contributed by atoms with Gasteiger partial charge < -0.3 is 14.7 Å². The van der Waals surface area contributed by atoms with Crippen LogP contribution in [-0.4, -0.2) is 55.9 Å². The van der Waals surface area contributed by atoms with Crippen molar-refractivity contribution in [3.05, 3.63) is 65.2 Å². The van der Waals surface area contributed by atoms with Crippen LogP contribution < -0.4 is 4.72 Å². The van der Waals surface area contributed by atoms with E-state index < -0.39 is 38.5 Å². The van der Waals surface area contributed by atoms with E-state index in [1.165, 1.54) is 4.90 Å². The molecule has 2 aromatic carbocycles. The Morgan fingerprint density at radius 1 is 1.03 bits per heavy atom. The average Bonchev–Trinajstić information content (AvgIpc) is 2.77. The first kappa shape index (κ1) is 23.5. The van der Waals surface area contributed by atoms with Crippen molar-refractivity contribution in [3.63, 3.8) is 0 Å². The predicted octanol–water partition coefficient (Wildman–Crippen LogP) is 2.97. The first-order valence-electron chi connectivity index (χ1n) is 10.4. The summed E-state index contributed by atoms with van der Waals surface area (Å²) in [5.74, 6) is -0.430. The molecule has 0 atom stereocenters. The van der Waals surface area contributed by atoms with E-state index >= 15 is 0 Å². The van der Waals surface area contributed by atoms with Gasteiger partial charge in [0, 0.05) is 24.3 Å². The highest BCUT2D eigenvalue weighted by molar-refractivity contribution is 7.93. The number of likely N-dealkylation sites (tertiary alicyclic amines) is 1. The number of carbonyl (C=O) groups is 1. The quantitative estimate of drug-likeness (QED) is 0.681. The second kappa shape index (κ2) is 8.62. The summed E-state index contributed by atoms with van der Waals surface area (Å²) < 4.78 is 71.3. The normalized spacial score (nSPS) is 19.1. The van der Waals surface area contributed by atoms with E-state index in [4.69, 9.17) is 4.74 Å². The molecule has 0 bridgehead atoms. The van der Waals surface area contributed by atoms with Crippen LogP contribution in [0.25, 0.3) is 0 Å². The maximum absolute atomic E-state index is 12.8. The molecule has 7 nitrogen and oxygen atoms in total. The third kappa shape index (κ3) is 4.99. The Morgan fingerprint density at radius 3 is 2.09 bits per heavy atom. The molecule has 2 N–H and O–H groups in total. The number of benzene rings is 2. The van der Waals surface area contributed by atoms with Crippen LogP contribution in [0.5, 0.6) is 0 Å². The number of aliphatic hydroxyl groups is 1. The molecule has 0 spiro atoms. The summed E-state index contributed by atoms with van der Waals surface area (Å²) in [5, 5.41) is 9.55. The Hall–Kier alpha value is -2.63. The highest BCUT2D eigenvalue weighted by Crippen LogP contribution is 2.31. The molecule has 2 aromatic rings. The largest absolute Gasteiger partial charge is 0.416 e. The summed E-state index contributed by atoms with van der Waals surface area (Å²) in [6.07, 6.45) is -4.07. The molecule has 0 aromatic heterocycles. The minimum atomic E-state index is -4.48. The Bertz CT molecular complexity index is 1110. The number of ether oxygens (including phenoxy) is 1. The maximum Gasteiger partial charge on any atom is 0.416 e. The van der Waals surface area contributed by atoms with Gasteiger partial charge in [-0.25, -0.2) is 8.42 Å². The number of halogens is 3. The van der Waals surface area contributed by atoms with E-state index in [1.807, 2.05) is 0 Å². The SMILES string of the molecule is O=C(c1ccc(C(F)(F)F)cc1)N1CCC(S(=O)(=O)Nc2ccc(C3(O)COC3)cc2)CC1. The van der Waals surface area contributed by atoms with Crippen molar-refractivity contribution < 1.29 is 36.2 Å². The van der Waals surface area contributed by atoms with Crippen LogP contribution in [0.4, 0.5) is 18.9 Å². The topological polar surface area (TPSA) is 95.9 Å². The first-order chi connectivity index (χ1) is 15.5. The molecule has 1 amide bonds. The number of nitrogens with zero attached hydrogens (tertiary/aromatic N) is 1. The molecule has 2 saturated heterocycles. The van der Waals surface area contributed by atoms with Gasteiger partial charge in [0.05, 0.1) is 24.0 Å². The molecule has 2 aliphatic rings. The lowest BCUT2D eigenvalue weighted by Crippen LogP contribution is -2.46. The number of anilines is 1. The molecule has 0 unspecified atom stereocenters. The van der Waals surface area contributed by atoms with Crippen molar-refractivity contribution in [1.29, 1.82) is 0 Å². The molecular formula is C22H23F3N2O5S. The number of piperidine rings is 1. The number of carbonyl (C=O) groups excluding carboxylic acids is 1. The van der Waals surface area contributed by atoms with E-state index in [9.17, 15) is 31.5 Å². The van der Waals surface area contributed by atoms with E-state index in [-0.39, 0.29) is 44.7 Å². The number of nitrogens with one attached hydrogen (secondary N) is 1. The zero-order valence-electron chi connectivity index (χ0n) is 17.5. The number of amides is 1. The van der Waals surface area contributed by atoms with Crippen LogP contribution in [0.15, 0.2) is 48.5 Å². The molecule has 2 heterocycles. The lowest BCUT2D eigenvalue weighted by atomic mass is 9.92. The summed E-state index contributed by atoms with van der Waals surface area (Å²) in [4.78, 5) is 14.1. The van der Waals surface area contributed by atoms with Gasteiger partial charge in [0.15, 0.2) is 0 Å². The fraction of sp³-hybridized carbons (Fsp3) is 0.409. The molecular weight excluding hydrogens is 461 g/mol. The fourth-order valence-corrected chi connectivity index (χ4v) is 5.37. The van der Waals surface area contributed by atoms with Crippen LogP contribution in [0.1, 0.15) is 34.3 Å². The van der Waals surface area contributed by atoms with E-state index in [2.05, 4.69) is 4.72 Å². The van der Waals surface area contributed by atoms with Crippen LogP contribution in [-0.2, 0) is 26.5 Å². The average molecular weight is 484 g/mol. The summed E-state index contributed by atoms with van der Waals surface area (Å²) >= 11 is 0. The third-order valence-electron chi connectivity index (χ3n) is 5.99. The van der Waals surface area contributed by atoms with Crippen molar-refractivity contribution in [1.82, 2.24) is 4.90 Å². The van der Waals surface area contributed by atoms with Crippen molar-refractivity contribution in [2.75, 3.05) is 31.0 Å². The zero-order valence-corrected chi connectivity index (χ0v) is 18.3. The maximum atomic E-state index is 12.8. The van der Waals surface area contributed by atoms with Gasteiger partial charge in [-0.15, -0.1) is 0 Å². The number of hydrogen-bond donors (Lipinski definition) is 2. The molecule has 2 aliphatic heterocycles. The lowest BCUT2D eigenvalue weighted by Gasteiger charge is -2.36. The van der Waals surface area contributed by atoms with Crippen molar-refractivity contribution >= 4 is 21.6 Å². The van der Waals surface area contributed by atoms with E-state index in [1.54, 1.807) is 24.3 Å². The number of sulfonamides is 1. The number of hydrogen-bond acceptors (Lipinski definition) is 5. The van der Waals surface area contributed by atoms with Gasteiger partial charge in [-0.3, -0.25) is 9.52 Å². The fourth-order valence-electron chi connectivity index (χ4n) is 3.91. The molecule has 0 aliphatic carbocycles. The molecule has 2 fully saturated rings. The molecule has 178 valence electrons. The standard InChI is InChI=1S/C22H23F3N2O5S/c23-22(24,25)17-3-1-15(2-4-17)20(28)27-11-9-19(10-12-27)33(30,31)26-18-7-5-16(6-8-18)21(29)13-32-14-21/h1-8,19,26,29H,9-14H2. The molecule has 0 saturated carbocycles. The van der Waals surface area contributed by atoms with E-state index in [0.29, 0.717) is 11.3 Å². The van der Waals surface area contributed by atoms with Crippen LogP contribution in [0, 0.1) is 0 Å². The van der Waals surface area contributed by atoms with Gasteiger partial charge in [0.2, 0.25) is 10.0 Å². The Labute approximate surface area is 189 Å². The molecule has 0 radical (unpaired) electrons. The van der Waals surface area contributed by atoms with Crippen molar-refractivity contribution in [2.24, 2.45) is 0 Å². The predicted molar refractivity (Wildman–Crippen MR) is 114 cm³/mol. The third-order valence-corrected chi connectivity index (χ3v) is 7.86. The van der Waals surface area contributed by atoms with Gasteiger partial charge in [-0.2, -0.15) is 13.2 Å². The Kier molecular flexibility index (Phi) is 6.14. The number of alkyl halides is 3. The smallest absolute Gasteiger partial charge is 0.380 e. The van der Waals surface area contributed by atoms with Gasteiger partial charge in [0.25, 0.3) is 5.91 Å². The second-order valence-corrected chi connectivity index (χ2v) is 10.3. The van der Waals surface area contributed by atoms with Gasteiger partial charge in [-0.1, -0.05) is 12.1 Å². The Balaban J connectivity index is 1.34. The minimum Gasteiger partial charge on any atom is -0.380 e. The highest BCUT2D eigenvalue weighted by Gasteiger charge is 2.38. The van der Waals surface area contributed by atoms with Crippen LogP contribution in [0.3, 0.4) is 0 Å². The summed E-state index contributed by atoms with van der Waals surface area (Å²) in [6.45, 7) is 0.748. The Morgan fingerprint density at radius 2 is 1.61 bits per heavy atom. The van der Waals surface area contributed by atoms with Crippen LogP contribution >= 0.6 is 0 Å². The molecule has 11 heteroatoms. The van der Waals surface area contributed by atoms with Crippen molar-refractivity contribution in [3.8, 4) is 0 Å². The summed E-state index contributed by atoms with van der Waals surface area (Å²) in [6, 6.07) is 10.4.